The van der Waals surface area contributed by atoms with Crippen LogP contribution in [0.25, 0.3) is 82.4 Å². The van der Waals surface area contributed by atoms with Gasteiger partial charge in [0.2, 0.25) is 0 Å². The van der Waals surface area contributed by atoms with E-state index >= 15 is 0 Å². The average molecular weight is 602 g/mol. The lowest BCUT2D eigenvalue weighted by Crippen LogP contribution is -1.94. The van der Waals surface area contributed by atoms with Crippen LogP contribution in [0.2, 0.25) is 0 Å². The van der Waals surface area contributed by atoms with E-state index in [4.69, 9.17) is 0 Å². The summed E-state index contributed by atoms with van der Waals surface area (Å²) in [5.74, 6) is 0. The molecule has 0 bridgehead atoms. The minimum Gasteiger partial charge on any atom is -0.309 e. The zero-order valence-electron chi connectivity index (χ0n) is 24.9. The Kier molecular flexibility index (Phi) is 5.58. The number of para-hydroxylation sites is 2. The molecule has 0 atom stereocenters. The molecular weight excluding hydrogens is 575 g/mol. The molecule has 0 amide bonds. The molecule has 9 aromatic rings. The first-order chi connectivity index (χ1) is 22.8. The highest BCUT2D eigenvalue weighted by Gasteiger charge is 2.22. The highest BCUT2D eigenvalue weighted by molar-refractivity contribution is 7.99. The number of aromatic nitrogens is 1. The second kappa shape index (κ2) is 9.97. The van der Waals surface area contributed by atoms with Gasteiger partial charge < -0.3 is 4.57 Å². The van der Waals surface area contributed by atoms with E-state index in [9.17, 15) is 0 Å². The summed E-state index contributed by atoms with van der Waals surface area (Å²) in [4.78, 5) is 2.66. The zero-order chi connectivity index (χ0) is 30.2. The van der Waals surface area contributed by atoms with Gasteiger partial charge in [-0.15, -0.1) is 0 Å². The van der Waals surface area contributed by atoms with E-state index in [1.165, 1.54) is 92.2 Å². The Balaban J connectivity index is 1.20. The van der Waals surface area contributed by atoms with Crippen molar-refractivity contribution in [1.82, 2.24) is 4.57 Å². The molecule has 0 saturated heterocycles. The monoisotopic (exact) mass is 601 g/mol. The largest absolute Gasteiger partial charge is 0.309 e. The van der Waals surface area contributed by atoms with E-state index in [1.54, 1.807) is 0 Å². The van der Waals surface area contributed by atoms with Crippen LogP contribution < -0.4 is 0 Å². The summed E-state index contributed by atoms with van der Waals surface area (Å²) in [7, 11) is 0. The molecule has 0 aliphatic carbocycles. The molecule has 1 aliphatic rings. The second-order valence-electron chi connectivity index (χ2n) is 12.1. The Bertz CT molecular complexity index is 2650. The van der Waals surface area contributed by atoms with Gasteiger partial charge in [-0.05, 0) is 85.9 Å². The van der Waals surface area contributed by atoms with Gasteiger partial charge in [0.25, 0.3) is 0 Å². The molecule has 1 nitrogen and oxygen atoms in total. The van der Waals surface area contributed by atoms with Gasteiger partial charge in [0.15, 0.2) is 0 Å². The lowest BCUT2D eigenvalue weighted by molar-refractivity contribution is 1.18. The first-order valence-corrected chi connectivity index (χ1v) is 16.6. The topological polar surface area (TPSA) is 4.93 Å². The summed E-state index contributed by atoms with van der Waals surface area (Å²) < 4.78 is 2.42. The van der Waals surface area contributed by atoms with E-state index in [2.05, 4.69) is 168 Å². The highest BCUT2D eigenvalue weighted by Crippen LogP contribution is 2.50. The van der Waals surface area contributed by atoms with Crippen molar-refractivity contribution in [3.8, 4) is 39.1 Å². The van der Waals surface area contributed by atoms with Gasteiger partial charge in [-0.25, -0.2) is 0 Å². The van der Waals surface area contributed by atoms with Gasteiger partial charge in [-0.3, -0.25) is 0 Å². The lowest BCUT2D eigenvalue weighted by Gasteiger charge is -2.21. The Labute approximate surface area is 271 Å². The van der Waals surface area contributed by atoms with Crippen LogP contribution in [-0.2, 0) is 0 Å². The molecule has 0 fully saturated rings. The third kappa shape index (κ3) is 3.71. The molecule has 1 aromatic heterocycles. The fraction of sp³-hybridized carbons (Fsp3) is 0. The Hall–Kier alpha value is -5.57. The summed E-state index contributed by atoms with van der Waals surface area (Å²) in [6, 6.07) is 60.2. The summed E-state index contributed by atoms with van der Waals surface area (Å²) in [5.41, 5.74) is 11.3. The predicted molar refractivity (Wildman–Crippen MR) is 196 cm³/mol. The van der Waals surface area contributed by atoms with Crippen molar-refractivity contribution in [2.75, 3.05) is 0 Å². The Morgan fingerprint density at radius 3 is 1.98 bits per heavy atom. The predicted octanol–water partition coefficient (Wildman–Crippen LogP) is 12.6. The maximum absolute atomic E-state index is 2.42. The van der Waals surface area contributed by atoms with E-state index in [-0.39, 0.29) is 0 Å². The SMILES string of the molecule is c1ccc(-n2c3ccccc3c3c(-c4ccc(-c5ccc6c7c(cccc57)-c5ccccc5S6)cc4)c4ccccc4cc32)cc1. The quantitative estimate of drug-likeness (QED) is 0.195. The fourth-order valence-electron chi connectivity index (χ4n) is 7.60. The van der Waals surface area contributed by atoms with Crippen molar-refractivity contribution < 1.29 is 0 Å². The molecular formula is C44H27NS. The molecule has 214 valence electrons. The van der Waals surface area contributed by atoms with Crippen molar-refractivity contribution in [3.05, 3.63) is 164 Å². The zero-order valence-corrected chi connectivity index (χ0v) is 25.8. The van der Waals surface area contributed by atoms with E-state index in [1.807, 2.05) is 11.8 Å². The smallest absolute Gasteiger partial charge is 0.0553 e. The van der Waals surface area contributed by atoms with Crippen LogP contribution in [0.1, 0.15) is 0 Å². The van der Waals surface area contributed by atoms with Crippen molar-refractivity contribution in [3.63, 3.8) is 0 Å². The summed E-state index contributed by atoms with van der Waals surface area (Å²) >= 11 is 1.88. The fourth-order valence-corrected chi connectivity index (χ4v) is 8.72. The second-order valence-corrected chi connectivity index (χ2v) is 13.2. The average Bonchev–Trinajstić information content (AvgIpc) is 3.45. The molecule has 0 radical (unpaired) electrons. The van der Waals surface area contributed by atoms with Crippen LogP contribution >= 0.6 is 11.8 Å². The van der Waals surface area contributed by atoms with E-state index < -0.39 is 0 Å². The molecule has 0 N–H and O–H groups in total. The molecule has 10 rings (SSSR count). The van der Waals surface area contributed by atoms with Crippen LogP contribution in [0.3, 0.4) is 0 Å². The summed E-state index contributed by atoms with van der Waals surface area (Å²) in [6.07, 6.45) is 0. The van der Waals surface area contributed by atoms with Crippen molar-refractivity contribution in [1.29, 1.82) is 0 Å². The van der Waals surface area contributed by atoms with Gasteiger partial charge in [-0.2, -0.15) is 0 Å². The third-order valence-corrected chi connectivity index (χ3v) is 10.7. The van der Waals surface area contributed by atoms with Crippen LogP contribution in [-0.4, -0.2) is 4.57 Å². The van der Waals surface area contributed by atoms with Gasteiger partial charge in [0.1, 0.15) is 0 Å². The summed E-state index contributed by atoms with van der Waals surface area (Å²) in [6.45, 7) is 0. The molecule has 2 heteroatoms. The normalized spacial score (nSPS) is 12.3. The molecule has 0 unspecified atom stereocenters. The van der Waals surface area contributed by atoms with Crippen molar-refractivity contribution >= 4 is 55.1 Å². The number of fused-ring (bicyclic) bond motifs is 6. The standard InChI is InChI=1S/C44H27NS/c1-2-12-31(13-3-1)45-38-19-8-6-16-37(38)44-39(45)27-30-11-4-5-14-33(30)42(44)29-23-21-28(22-24-29)32-25-26-41-43-35(32)17-10-18-36(43)34-15-7-9-20-40(34)46-41/h1-27H. The van der Waals surface area contributed by atoms with E-state index in [0.717, 1.165) is 0 Å². The van der Waals surface area contributed by atoms with Crippen LogP contribution in [0.5, 0.6) is 0 Å². The van der Waals surface area contributed by atoms with Crippen molar-refractivity contribution in [2.45, 2.75) is 9.79 Å². The van der Waals surface area contributed by atoms with Gasteiger partial charge >= 0.3 is 0 Å². The maximum atomic E-state index is 2.42. The number of benzene rings is 8. The molecule has 0 saturated carbocycles. The first kappa shape index (κ1) is 25.7. The minimum atomic E-state index is 1.17. The molecule has 46 heavy (non-hydrogen) atoms. The molecule has 0 spiro atoms. The number of hydrogen-bond acceptors (Lipinski definition) is 1. The van der Waals surface area contributed by atoms with Gasteiger partial charge in [0.05, 0.1) is 11.0 Å². The molecule has 2 heterocycles. The molecule has 1 aliphatic heterocycles. The van der Waals surface area contributed by atoms with Gasteiger partial charge in [-0.1, -0.05) is 139 Å². The Morgan fingerprint density at radius 2 is 1.09 bits per heavy atom. The van der Waals surface area contributed by atoms with Crippen LogP contribution in [0, 0.1) is 0 Å². The maximum Gasteiger partial charge on any atom is 0.0553 e. The van der Waals surface area contributed by atoms with Crippen molar-refractivity contribution in [2.24, 2.45) is 0 Å². The van der Waals surface area contributed by atoms with Crippen LogP contribution in [0.15, 0.2) is 174 Å². The molecule has 8 aromatic carbocycles. The third-order valence-electron chi connectivity index (χ3n) is 9.58. The van der Waals surface area contributed by atoms with E-state index in [0.29, 0.717) is 0 Å². The van der Waals surface area contributed by atoms with Gasteiger partial charge in [0, 0.05) is 31.6 Å². The lowest BCUT2D eigenvalue weighted by atomic mass is 9.90. The number of rotatable bonds is 3. The Morgan fingerprint density at radius 1 is 0.391 bits per heavy atom. The minimum absolute atomic E-state index is 1.17. The summed E-state index contributed by atoms with van der Waals surface area (Å²) in [5, 5.41) is 7.75. The number of hydrogen-bond donors (Lipinski definition) is 0. The van der Waals surface area contributed by atoms with Crippen LogP contribution in [0.4, 0.5) is 0 Å². The highest BCUT2D eigenvalue weighted by atomic mass is 32.2. The first-order valence-electron chi connectivity index (χ1n) is 15.8. The number of nitrogens with zero attached hydrogens (tertiary/aromatic N) is 1.